The summed E-state index contributed by atoms with van der Waals surface area (Å²) in [6, 6.07) is 52.8. The third-order valence-corrected chi connectivity index (χ3v) is 8.66. The van der Waals surface area contributed by atoms with E-state index in [4.69, 9.17) is 0 Å². The van der Waals surface area contributed by atoms with Crippen molar-refractivity contribution in [3.63, 3.8) is 0 Å². The van der Waals surface area contributed by atoms with E-state index in [1.807, 2.05) is 0 Å². The zero-order valence-corrected chi connectivity index (χ0v) is 23.9. The van der Waals surface area contributed by atoms with Gasteiger partial charge in [0.25, 0.3) is 0 Å². The van der Waals surface area contributed by atoms with Crippen molar-refractivity contribution in [2.24, 2.45) is 0 Å². The second-order valence-electron chi connectivity index (χ2n) is 11.2. The monoisotopic (exact) mass is 546 g/mol. The molecule has 0 aliphatic heterocycles. The van der Waals surface area contributed by atoms with E-state index in [9.17, 15) is 0 Å². The highest BCUT2D eigenvalue weighted by atomic mass is 14.3. The first-order chi connectivity index (χ1) is 21.4. The van der Waals surface area contributed by atoms with E-state index in [2.05, 4.69) is 170 Å². The highest BCUT2D eigenvalue weighted by molar-refractivity contribution is 6.03. The molecule has 0 saturated heterocycles. The molecule has 2 aliphatic carbocycles. The smallest absolute Gasteiger partial charge is 0.000195 e. The normalized spacial score (nSPS) is 12.8. The van der Waals surface area contributed by atoms with Crippen molar-refractivity contribution in [3.8, 4) is 33.4 Å². The summed E-state index contributed by atoms with van der Waals surface area (Å²) in [7, 11) is 0. The Kier molecular flexibility index (Phi) is 6.31. The Bertz CT molecular complexity index is 2110. The summed E-state index contributed by atoms with van der Waals surface area (Å²) in [4.78, 5) is 0. The van der Waals surface area contributed by atoms with E-state index in [1.165, 1.54) is 77.2 Å². The molecule has 0 heterocycles. The van der Waals surface area contributed by atoms with Gasteiger partial charge in [0, 0.05) is 0 Å². The summed E-state index contributed by atoms with van der Waals surface area (Å²) in [5.41, 5.74) is 15.3. The molecule has 0 aromatic heterocycles. The minimum Gasteiger partial charge on any atom is -0.0801 e. The first-order valence-electron chi connectivity index (χ1n) is 15.0. The van der Waals surface area contributed by atoms with Crippen molar-refractivity contribution in [1.29, 1.82) is 0 Å². The van der Waals surface area contributed by atoms with E-state index >= 15 is 0 Å². The van der Waals surface area contributed by atoms with Crippen LogP contribution in [-0.2, 0) is 0 Å². The van der Waals surface area contributed by atoms with E-state index in [0.717, 1.165) is 6.42 Å². The Hall–Kier alpha value is -5.46. The fourth-order valence-electron chi connectivity index (χ4n) is 6.87. The molecule has 0 unspecified atom stereocenters. The van der Waals surface area contributed by atoms with Crippen LogP contribution >= 0.6 is 0 Å². The fourth-order valence-corrected chi connectivity index (χ4v) is 6.87. The van der Waals surface area contributed by atoms with E-state index < -0.39 is 0 Å². The molecule has 0 N–H and O–H groups in total. The van der Waals surface area contributed by atoms with Gasteiger partial charge in [-0.2, -0.15) is 0 Å². The maximum atomic E-state index is 2.42. The lowest BCUT2D eigenvalue weighted by Crippen LogP contribution is -2.26. The molecule has 0 saturated carbocycles. The van der Waals surface area contributed by atoms with Crippen LogP contribution in [0.2, 0.25) is 0 Å². The lowest BCUT2D eigenvalue weighted by atomic mass is 9.79. The maximum Gasteiger partial charge on any atom is -0.000195 e. The van der Waals surface area contributed by atoms with E-state index in [0.29, 0.717) is 0 Å². The second-order valence-corrected chi connectivity index (χ2v) is 11.2. The number of hydrogen-bond donors (Lipinski definition) is 0. The standard InChI is InChI=1S/C43H30/c1-5-17-30(18-6-1)38(31-19-7-2-8-20-31)43-40(33-21-9-3-10-22-33)39(32-25-13-14-26-32)37-29-35-27-15-16-28-36(35)42(37)41(43)34-23-11-4-12-24-34/h1-25,27-29H,26H2. The van der Waals surface area contributed by atoms with Crippen LogP contribution in [0.5, 0.6) is 0 Å². The van der Waals surface area contributed by atoms with Crippen LogP contribution in [0.1, 0.15) is 28.7 Å². The van der Waals surface area contributed by atoms with Crippen LogP contribution in [0.15, 0.2) is 164 Å². The first kappa shape index (κ1) is 25.3. The summed E-state index contributed by atoms with van der Waals surface area (Å²) >= 11 is 0. The van der Waals surface area contributed by atoms with Gasteiger partial charge in [-0.05, 0) is 89.7 Å². The van der Waals surface area contributed by atoms with Crippen LogP contribution in [0, 0.1) is 0 Å². The quantitative estimate of drug-likeness (QED) is 0.202. The van der Waals surface area contributed by atoms with Gasteiger partial charge in [-0.25, -0.2) is 0 Å². The Morgan fingerprint density at radius 1 is 0.465 bits per heavy atom. The van der Waals surface area contributed by atoms with Gasteiger partial charge in [0.15, 0.2) is 0 Å². The fraction of sp³-hybridized carbons (Fsp3) is 0.0233. The predicted molar refractivity (Wildman–Crippen MR) is 182 cm³/mol. The number of rotatable bonds is 5. The van der Waals surface area contributed by atoms with Crippen LogP contribution in [0.25, 0.3) is 50.6 Å². The average Bonchev–Trinajstić information content (AvgIpc) is 3.75. The Morgan fingerprint density at radius 2 is 0.977 bits per heavy atom. The molecule has 0 fully saturated rings. The topological polar surface area (TPSA) is 0 Å². The highest BCUT2D eigenvalue weighted by Gasteiger charge is 2.28. The minimum atomic E-state index is 0.923. The lowest BCUT2D eigenvalue weighted by Gasteiger charge is -2.23. The van der Waals surface area contributed by atoms with Gasteiger partial charge in [0.1, 0.15) is 0 Å². The maximum absolute atomic E-state index is 2.42. The SMILES string of the molecule is C1=CCC(c2c(-c3ccccc3)c(=C(c3ccccc3)c3ccccc3)c(-c3ccccc3)c3c2=Cc2ccccc2-3)=C1. The predicted octanol–water partition coefficient (Wildman–Crippen LogP) is 9.42. The molecule has 0 spiro atoms. The average molecular weight is 547 g/mol. The summed E-state index contributed by atoms with van der Waals surface area (Å²) in [6.07, 6.45) is 10.2. The summed E-state index contributed by atoms with van der Waals surface area (Å²) in [5.74, 6) is 0. The molecule has 0 nitrogen and oxygen atoms in total. The van der Waals surface area contributed by atoms with Crippen LogP contribution in [0.4, 0.5) is 0 Å². The molecule has 8 rings (SSSR count). The van der Waals surface area contributed by atoms with Crippen molar-refractivity contribution < 1.29 is 0 Å². The van der Waals surface area contributed by atoms with Gasteiger partial charge in [0.2, 0.25) is 0 Å². The van der Waals surface area contributed by atoms with Crippen molar-refractivity contribution >= 4 is 17.2 Å². The van der Waals surface area contributed by atoms with Crippen LogP contribution in [0.3, 0.4) is 0 Å². The van der Waals surface area contributed by atoms with Crippen LogP contribution < -0.4 is 10.4 Å². The minimum absolute atomic E-state index is 0.923. The van der Waals surface area contributed by atoms with Gasteiger partial charge >= 0.3 is 0 Å². The molecule has 6 aromatic carbocycles. The van der Waals surface area contributed by atoms with Gasteiger partial charge < -0.3 is 0 Å². The molecular formula is C43H30. The lowest BCUT2D eigenvalue weighted by molar-refractivity contribution is 1.38. The molecule has 0 amide bonds. The number of hydrogen-bond acceptors (Lipinski definition) is 0. The van der Waals surface area contributed by atoms with Gasteiger partial charge in [-0.3, -0.25) is 0 Å². The van der Waals surface area contributed by atoms with E-state index in [-0.39, 0.29) is 0 Å². The Morgan fingerprint density at radius 3 is 1.53 bits per heavy atom. The van der Waals surface area contributed by atoms with Gasteiger partial charge in [0.05, 0.1) is 0 Å². The molecule has 6 aromatic rings. The van der Waals surface area contributed by atoms with Crippen molar-refractivity contribution in [2.45, 2.75) is 6.42 Å². The highest BCUT2D eigenvalue weighted by Crippen LogP contribution is 2.40. The largest absolute Gasteiger partial charge is 0.0801 e. The van der Waals surface area contributed by atoms with Crippen molar-refractivity contribution in [2.75, 3.05) is 0 Å². The molecule has 43 heavy (non-hydrogen) atoms. The number of benzene rings is 6. The first-order valence-corrected chi connectivity index (χ1v) is 15.0. The van der Waals surface area contributed by atoms with Gasteiger partial charge in [-0.1, -0.05) is 164 Å². The Balaban J connectivity index is 1.73. The van der Waals surface area contributed by atoms with Gasteiger partial charge in [-0.15, -0.1) is 0 Å². The summed E-state index contributed by atoms with van der Waals surface area (Å²) < 4.78 is 0. The molecular weight excluding hydrogens is 516 g/mol. The van der Waals surface area contributed by atoms with Crippen molar-refractivity contribution in [3.05, 3.63) is 197 Å². The number of allylic oxidation sites excluding steroid dienone is 4. The third kappa shape index (κ3) is 4.31. The molecule has 0 heteroatoms. The zero-order valence-electron chi connectivity index (χ0n) is 23.9. The molecule has 202 valence electrons. The van der Waals surface area contributed by atoms with Crippen LogP contribution in [-0.4, -0.2) is 0 Å². The van der Waals surface area contributed by atoms with Crippen molar-refractivity contribution in [1.82, 2.24) is 0 Å². The molecule has 0 atom stereocenters. The number of fused-ring (bicyclic) bond motifs is 3. The summed E-state index contributed by atoms with van der Waals surface area (Å²) in [5, 5.41) is 2.60. The van der Waals surface area contributed by atoms with E-state index in [1.54, 1.807) is 0 Å². The summed E-state index contributed by atoms with van der Waals surface area (Å²) in [6.45, 7) is 0. The molecule has 2 aliphatic rings. The second kappa shape index (κ2) is 10.7. The Labute approximate surface area is 253 Å². The molecule has 0 bridgehead atoms. The third-order valence-electron chi connectivity index (χ3n) is 8.66. The molecule has 0 radical (unpaired) electrons. The zero-order chi connectivity index (χ0) is 28.6.